The number of nitrogens with one attached hydrogen (secondary N) is 2. The molecule has 0 bridgehead atoms. The summed E-state index contributed by atoms with van der Waals surface area (Å²) in [5.41, 5.74) is 0. The molecule has 2 rings (SSSR count). The van der Waals surface area contributed by atoms with Gasteiger partial charge in [-0.1, -0.05) is 0 Å². The Morgan fingerprint density at radius 2 is 2.25 bits per heavy atom. The van der Waals surface area contributed by atoms with Gasteiger partial charge < -0.3 is 19.8 Å². The molecular weight excluding hydrogens is 308 g/mol. The van der Waals surface area contributed by atoms with E-state index < -0.39 is 0 Å². The molecule has 2 aromatic rings. The van der Waals surface area contributed by atoms with Crippen molar-refractivity contribution in [1.82, 2.24) is 25.4 Å². The molecule has 0 aliphatic heterocycles. The minimum absolute atomic E-state index is 0.470. The topological polar surface area (TPSA) is 89.5 Å². The van der Waals surface area contributed by atoms with Crippen LogP contribution in [0.15, 0.2) is 34.1 Å². The van der Waals surface area contributed by atoms with Gasteiger partial charge in [0.1, 0.15) is 24.5 Å². The standard InChI is InChI=1S/C16H26N6O2/c1-3-23-10-5-8-17-16(18-9-7-14-6-4-11-24-14)19-12-15-20-13-21-22(15)2/h4,6,11,13H,3,5,7-10,12H2,1-2H3,(H2,17,18,19). The average Bonchev–Trinajstić information content (AvgIpc) is 3.23. The van der Waals surface area contributed by atoms with Gasteiger partial charge in [0.25, 0.3) is 0 Å². The van der Waals surface area contributed by atoms with Crippen LogP contribution in [0.4, 0.5) is 0 Å². The largest absolute Gasteiger partial charge is 0.469 e. The fourth-order valence-corrected chi connectivity index (χ4v) is 2.07. The van der Waals surface area contributed by atoms with Gasteiger partial charge in [0.15, 0.2) is 5.96 Å². The fraction of sp³-hybridized carbons (Fsp3) is 0.562. The molecule has 0 aromatic carbocycles. The Labute approximate surface area is 142 Å². The highest BCUT2D eigenvalue weighted by Crippen LogP contribution is 1.99. The predicted molar refractivity (Wildman–Crippen MR) is 91.7 cm³/mol. The molecule has 0 saturated heterocycles. The Hall–Kier alpha value is -2.35. The van der Waals surface area contributed by atoms with Gasteiger partial charge in [0, 0.05) is 39.8 Å². The lowest BCUT2D eigenvalue weighted by atomic mass is 10.3. The van der Waals surface area contributed by atoms with Gasteiger partial charge in [0.2, 0.25) is 0 Å². The molecule has 0 aliphatic carbocycles. The monoisotopic (exact) mass is 334 g/mol. The van der Waals surface area contributed by atoms with Crippen molar-refractivity contribution in [2.45, 2.75) is 26.3 Å². The second kappa shape index (κ2) is 10.4. The summed E-state index contributed by atoms with van der Waals surface area (Å²) in [6.07, 6.45) is 4.95. The third-order valence-electron chi connectivity index (χ3n) is 3.39. The predicted octanol–water partition coefficient (Wildman–Crippen LogP) is 1.11. The molecule has 0 aliphatic rings. The minimum Gasteiger partial charge on any atom is -0.469 e. The molecule has 0 atom stereocenters. The Balaban J connectivity index is 1.81. The molecule has 2 N–H and O–H groups in total. The molecule has 0 fully saturated rings. The highest BCUT2D eigenvalue weighted by atomic mass is 16.5. The summed E-state index contributed by atoms with van der Waals surface area (Å²) in [4.78, 5) is 8.75. The van der Waals surface area contributed by atoms with Crippen LogP contribution in [0.3, 0.4) is 0 Å². The van der Waals surface area contributed by atoms with E-state index in [0.717, 1.165) is 56.7 Å². The van der Waals surface area contributed by atoms with E-state index in [2.05, 4.69) is 25.7 Å². The smallest absolute Gasteiger partial charge is 0.191 e. The van der Waals surface area contributed by atoms with Crippen LogP contribution in [-0.2, 0) is 24.8 Å². The third kappa shape index (κ3) is 6.41. The summed E-state index contributed by atoms with van der Waals surface area (Å²) in [7, 11) is 1.86. The number of aryl methyl sites for hydroxylation is 1. The van der Waals surface area contributed by atoms with Crippen molar-refractivity contribution >= 4 is 5.96 Å². The Bertz CT molecular complexity index is 593. The highest BCUT2D eigenvalue weighted by Gasteiger charge is 2.03. The number of nitrogens with zero attached hydrogens (tertiary/aromatic N) is 4. The summed E-state index contributed by atoms with van der Waals surface area (Å²) in [5.74, 6) is 2.52. The molecule has 24 heavy (non-hydrogen) atoms. The Morgan fingerprint density at radius 3 is 2.96 bits per heavy atom. The van der Waals surface area contributed by atoms with Crippen LogP contribution in [0.1, 0.15) is 24.9 Å². The Kier molecular flexibility index (Phi) is 7.82. The first kappa shape index (κ1) is 18.0. The van der Waals surface area contributed by atoms with Gasteiger partial charge in [0.05, 0.1) is 6.26 Å². The summed E-state index contributed by atoms with van der Waals surface area (Å²) < 4.78 is 12.4. The average molecular weight is 334 g/mol. The van der Waals surface area contributed by atoms with Crippen LogP contribution in [0.2, 0.25) is 0 Å². The van der Waals surface area contributed by atoms with E-state index in [4.69, 9.17) is 9.15 Å². The second-order valence-electron chi connectivity index (χ2n) is 5.20. The number of furan rings is 1. The molecule has 0 spiro atoms. The van der Waals surface area contributed by atoms with Crippen molar-refractivity contribution in [3.63, 3.8) is 0 Å². The van der Waals surface area contributed by atoms with E-state index in [1.807, 2.05) is 26.1 Å². The van der Waals surface area contributed by atoms with Crippen LogP contribution >= 0.6 is 0 Å². The molecule has 132 valence electrons. The van der Waals surface area contributed by atoms with Crippen molar-refractivity contribution in [2.75, 3.05) is 26.3 Å². The lowest BCUT2D eigenvalue weighted by molar-refractivity contribution is 0.145. The van der Waals surface area contributed by atoms with Crippen molar-refractivity contribution in [3.05, 3.63) is 36.3 Å². The van der Waals surface area contributed by atoms with E-state index in [1.54, 1.807) is 10.9 Å². The molecule has 0 unspecified atom stereocenters. The van der Waals surface area contributed by atoms with Crippen LogP contribution in [0, 0.1) is 0 Å². The molecule has 0 saturated carbocycles. The highest BCUT2D eigenvalue weighted by molar-refractivity contribution is 5.79. The van der Waals surface area contributed by atoms with Gasteiger partial charge in [-0.3, -0.25) is 4.68 Å². The molecular formula is C16H26N6O2. The van der Waals surface area contributed by atoms with Gasteiger partial charge in [-0.05, 0) is 25.5 Å². The lowest BCUT2D eigenvalue weighted by Crippen LogP contribution is -2.39. The van der Waals surface area contributed by atoms with E-state index in [0.29, 0.717) is 6.54 Å². The van der Waals surface area contributed by atoms with Crippen molar-refractivity contribution < 1.29 is 9.15 Å². The fourth-order valence-electron chi connectivity index (χ4n) is 2.07. The van der Waals surface area contributed by atoms with Gasteiger partial charge in [-0.2, -0.15) is 5.10 Å². The first-order chi connectivity index (χ1) is 11.8. The van der Waals surface area contributed by atoms with E-state index >= 15 is 0 Å². The zero-order valence-corrected chi connectivity index (χ0v) is 14.4. The van der Waals surface area contributed by atoms with Gasteiger partial charge >= 0.3 is 0 Å². The molecule has 2 aromatic heterocycles. The molecule has 8 heteroatoms. The second-order valence-corrected chi connectivity index (χ2v) is 5.20. The number of ether oxygens (including phenoxy) is 1. The number of rotatable bonds is 10. The third-order valence-corrected chi connectivity index (χ3v) is 3.39. The molecule has 2 heterocycles. The van der Waals surface area contributed by atoms with E-state index in [9.17, 15) is 0 Å². The van der Waals surface area contributed by atoms with E-state index in [1.165, 1.54) is 6.33 Å². The number of aliphatic imine (C=N–C) groups is 1. The molecule has 0 radical (unpaired) electrons. The lowest BCUT2D eigenvalue weighted by Gasteiger charge is -2.12. The van der Waals surface area contributed by atoms with Gasteiger partial charge in [-0.25, -0.2) is 9.98 Å². The zero-order valence-electron chi connectivity index (χ0n) is 14.4. The normalized spacial score (nSPS) is 11.7. The maximum atomic E-state index is 5.35. The first-order valence-corrected chi connectivity index (χ1v) is 8.24. The summed E-state index contributed by atoms with van der Waals surface area (Å²) in [6, 6.07) is 3.86. The maximum absolute atomic E-state index is 5.35. The number of hydrogen-bond acceptors (Lipinski definition) is 5. The quantitative estimate of drug-likeness (QED) is 0.384. The summed E-state index contributed by atoms with van der Waals surface area (Å²) >= 11 is 0. The number of aromatic nitrogens is 3. The van der Waals surface area contributed by atoms with Crippen LogP contribution in [0.5, 0.6) is 0 Å². The summed E-state index contributed by atoms with van der Waals surface area (Å²) in [6.45, 7) is 5.49. The zero-order chi connectivity index (χ0) is 17.0. The SMILES string of the molecule is CCOCCCNC(=NCc1ncnn1C)NCCc1ccco1. The first-order valence-electron chi connectivity index (χ1n) is 8.24. The summed E-state index contributed by atoms with van der Waals surface area (Å²) in [5, 5.41) is 10.7. The van der Waals surface area contributed by atoms with Crippen molar-refractivity contribution in [3.8, 4) is 0 Å². The Morgan fingerprint density at radius 1 is 1.38 bits per heavy atom. The van der Waals surface area contributed by atoms with Crippen LogP contribution in [0.25, 0.3) is 0 Å². The number of hydrogen-bond donors (Lipinski definition) is 2. The van der Waals surface area contributed by atoms with E-state index in [-0.39, 0.29) is 0 Å². The van der Waals surface area contributed by atoms with Crippen LogP contribution in [-0.4, -0.2) is 47.0 Å². The molecule has 8 nitrogen and oxygen atoms in total. The van der Waals surface area contributed by atoms with Crippen molar-refractivity contribution in [2.24, 2.45) is 12.0 Å². The van der Waals surface area contributed by atoms with Gasteiger partial charge in [-0.15, -0.1) is 0 Å². The minimum atomic E-state index is 0.470. The number of guanidine groups is 1. The van der Waals surface area contributed by atoms with Crippen molar-refractivity contribution in [1.29, 1.82) is 0 Å². The van der Waals surface area contributed by atoms with Crippen LogP contribution < -0.4 is 10.6 Å². The molecule has 0 amide bonds. The maximum Gasteiger partial charge on any atom is 0.191 e.